The number of aliphatic carboxylic acids is 1. The normalized spacial score (nSPS) is 12.2. The number of carboxylic acids is 1. The minimum atomic E-state index is -0.675. The highest BCUT2D eigenvalue weighted by Crippen LogP contribution is 2.12. The Morgan fingerprint density at radius 3 is 2.33 bits per heavy atom. The van der Waals surface area contributed by atoms with E-state index in [4.69, 9.17) is 9.84 Å². The topological polar surface area (TPSA) is 46.5 Å². The molecule has 1 aromatic rings. The first-order valence-corrected chi connectivity index (χ1v) is 8.04. The molecule has 1 aromatic carbocycles. The number of unbranched alkanes of at least 4 members (excludes halogenated alkanes) is 5. The molecule has 0 heterocycles. The molecule has 1 N–H and O–H groups in total. The van der Waals surface area contributed by atoms with Gasteiger partial charge in [-0.15, -0.1) is 0 Å². The number of hydrogen-bond donors (Lipinski definition) is 1. The van der Waals surface area contributed by atoms with Gasteiger partial charge in [-0.2, -0.15) is 0 Å². The van der Waals surface area contributed by atoms with E-state index in [1.807, 2.05) is 18.2 Å². The highest BCUT2D eigenvalue weighted by Gasteiger charge is 2.09. The molecule has 0 aliphatic carbocycles. The summed E-state index contributed by atoms with van der Waals surface area (Å²) in [7, 11) is 0. The van der Waals surface area contributed by atoms with Crippen LogP contribution in [0.1, 0.15) is 57.4 Å². The van der Waals surface area contributed by atoms with Crippen molar-refractivity contribution in [1.29, 1.82) is 0 Å². The zero-order valence-corrected chi connectivity index (χ0v) is 13.1. The summed E-state index contributed by atoms with van der Waals surface area (Å²) in [4.78, 5) is 10.7. The maximum atomic E-state index is 10.7. The third-order valence-corrected chi connectivity index (χ3v) is 3.71. The largest absolute Gasteiger partial charge is 0.481 e. The lowest BCUT2D eigenvalue weighted by molar-refractivity contribution is -0.141. The van der Waals surface area contributed by atoms with Gasteiger partial charge in [0.25, 0.3) is 0 Å². The molecular weight excluding hydrogens is 264 g/mol. The lowest BCUT2D eigenvalue weighted by atomic mass is 10.0. The number of carbonyl (C=O) groups is 1. The van der Waals surface area contributed by atoms with Crippen LogP contribution in [0.25, 0.3) is 0 Å². The third kappa shape index (κ3) is 9.24. The molecule has 0 spiro atoms. The number of rotatable bonds is 12. The van der Waals surface area contributed by atoms with Crippen molar-refractivity contribution in [2.75, 3.05) is 6.61 Å². The van der Waals surface area contributed by atoms with Crippen LogP contribution in [-0.2, 0) is 16.1 Å². The van der Waals surface area contributed by atoms with Gasteiger partial charge >= 0.3 is 5.97 Å². The molecule has 0 aliphatic rings. The number of ether oxygens (including phenoxy) is 1. The molecular formula is C18H28O3. The van der Waals surface area contributed by atoms with Gasteiger partial charge in [0.05, 0.1) is 12.5 Å². The van der Waals surface area contributed by atoms with Gasteiger partial charge in [0.15, 0.2) is 0 Å². The van der Waals surface area contributed by atoms with Crippen LogP contribution in [0.15, 0.2) is 30.3 Å². The zero-order valence-electron chi connectivity index (χ0n) is 13.1. The maximum absolute atomic E-state index is 10.7. The van der Waals surface area contributed by atoms with Gasteiger partial charge in [-0.1, -0.05) is 69.4 Å². The predicted molar refractivity (Wildman–Crippen MR) is 85.2 cm³/mol. The van der Waals surface area contributed by atoms with Crippen molar-refractivity contribution in [3.05, 3.63) is 35.9 Å². The molecule has 0 amide bonds. The minimum Gasteiger partial charge on any atom is -0.481 e. The van der Waals surface area contributed by atoms with E-state index in [9.17, 15) is 4.79 Å². The first-order chi connectivity index (χ1) is 10.2. The van der Waals surface area contributed by atoms with Gasteiger partial charge in [0, 0.05) is 6.61 Å². The fourth-order valence-corrected chi connectivity index (χ4v) is 2.25. The van der Waals surface area contributed by atoms with Gasteiger partial charge in [-0.05, 0) is 18.4 Å². The summed E-state index contributed by atoms with van der Waals surface area (Å²) in [5, 5.41) is 8.77. The SMILES string of the molecule is CC(CCCCCCCCOCc1ccccc1)C(=O)O. The van der Waals surface area contributed by atoms with E-state index in [0.717, 1.165) is 32.3 Å². The van der Waals surface area contributed by atoms with Crippen molar-refractivity contribution < 1.29 is 14.6 Å². The van der Waals surface area contributed by atoms with Crippen molar-refractivity contribution in [1.82, 2.24) is 0 Å². The summed E-state index contributed by atoms with van der Waals surface area (Å²) in [6, 6.07) is 10.2. The van der Waals surface area contributed by atoms with Gasteiger partial charge < -0.3 is 9.84 Å². The maximum Gasteiger partial charge on any atom is 0.306 e. The van der Waals surface area contributed by atoms with Crippen LogP contribution < -0.4 is 0 Å². The molecule has 1 atom stereocenters. The third-order valence-electron chi connectivity index (χ3n) is 3.71. The summed E-state index contributed by atoms with van der Waals surface area (Å²) in [5.41, 5.74) is 1.23. The molecule has 0 saturated heterocycles. The Kier molecular flexibility index (Phi) is 9.55. The van der Waals surface area contributed by atoms with E-state index in [1.54, 1.807) is 6.92 Å². The Morgan fingerprint density at radius 1 is 1.05 bits per heavy atom. The second-order valence-electron chi connectivity index (χ2n) is 5.69. The van der Waals surface area contributed by atoms with Gasteiger partial charge in [-0.25, -0.2) is 0 Å². The molecule has 1 unspecified atom stereocenters. The molecule has 118 valence electrons. The number of benzene rings is 1. The zero-order chi connectivity index (χ0) is 15.3. The van der Waals surface area contributed by atoms with Gasteiger partial charge in [0.2, 0.25) is 0 Å². The van der Waals surface area contributed by atoms with E-state index in [0.29, 0.717) is 6.61 Å². The van der Waals surface area contributed by atoms with Crippen LogP contribution >= 0.6 is 0 Å². The number of hydrogen-bond acceptors (Lipinski definition) is 2. The van der Waals surface area contributed by atoms with Crippen molar-refractivity contribution in [3.8, 4) is 0 Å². The molecule has 0 radical (unpaired) electrons. The van der Waals surface area contributed by atoms with Crippen LogP contribution in [0, 0.1) is 5.92 Å². The lowest BCUT2D eigenvalue weighted by Gasteiger charge is -2.06. The second kappa shape index (κ2) is 11.3. The second-order valence-corrected chi connectivity index (χ2v) is 5.69. The summed E-state index contributed by atoms with van der Waals surface area (Å²) in [6.07, 6.45) is 7.69. The molecule has 0 aromatic heterocycles. The molecule has 0 bridgehead atoms. The Balaban J connectivity index is 1.84. The molecule has 0 aliphatic heterocycles. The standard InChI is InChI=1S/C18H28O3/c1-16(18(19)20)11-7-4-2-3-5-10-14-21-15-17-12-8-6-9-13-17/h6,8-9,12-13,16H,2-5,7,10-11,14-15H2,1H3,(H,19,20). The molecule has 3 nitrogen and oxygen atoms in total. The summed E-state index contributed by atoms with van der Waals surface area (Å²) in [5.74, 6) is -0.873. The van der Waals surface area contributed by atoms with Gasteiger partial charge in [-0.3, -0.25) is 4.79 Å². The minimum absolute atomic E-state index is 0.198. The fraction of sp³-hybridized carbons (Fsp3) is 0.611. The monoisotopic (exact) mass is 292 g/mol. The lowest BCUT2D eigenvalue weighted by Crippen LogP contribution is -2.08. The Hall–Kier alpha value is -1.35. The molecule has 21 heavy (non-hydrogen) atoms. The average molecular weight is 292 g/mol. The Morgan fingerprint density at radius 2 is 1.67 bits per heavy atom. The molecule has 1 rings (SSSR count). The van der Waals surface area contributed by atoms with Crippen LogP contribution in [0.3, 0.4) is 0 Å². The van der Waals surface area contributed by atoms with Crippen LogP contribution in [0.4, 0.5) is 0 Å². The van der Waals surface area contributed by atoms with E-state index < -0.39 is 5.97 Å². The molecule has 0 saturated carbocycles. The van der Waals surface area contributed by atoms with Gasteiger partial charge in [0.1, 0.15) is 0 Å². The Labute approximate surface area is 128 Å². The average Bonchev–Trinajstić information content (AvgIpc) is 2.49. The van der Waals surface area contributed by atoms with E-state index in [2.05, 4.69) is 12.1 Å². The van der Waals surface area contributed by atoms with E-state index in [-0.39, 0.29) is 5.92 Å². The predicted octanol–water partition coefficient (Wildman–Crippen LogP) is 4.65. The van der Waals surface area contributed by atoms with E-state index in [1.165, 1.54) is 24.8 Å². The van der Waals surface area contributed by atoms with Crippen molar-refractivity contribution in [3.63, 3.8) is 0 Å². The summed E-state index contributed by atoms with van der Waals surface area (Å²) in [6.45, 7) is 3.31. The smallest absolute Gasteiger partial charge is 0.306 e. The van der Waals surface area contributed by atoms with Crippen LogP contribution in [0.5, 0.6) is 0 Å². The Bertz CT molecular complexity index is 375. The highest BCUT2D eigenvalue weighted by atomic mass is 16.5. The van der Waals surface area contributed by atoms with Crippen LogP contribution in [-0.4, -0.2) is 17.7 Å². The first kappa shape index (κ1) is 17.7. The van der Waals surface area contributed by atoms with Crippen molar-refractivity contribution in [2.45, 2.75) is 58.5 Å². The first-order valence-electron chi connectivity index (χ1n) is 8.04. The summed E-state index contributed by atoms with van der Waals surface area (Å²) >= 11 is 0. The van der Waals surface area contributed by atoms with Crippen molar-refractivity contribution in [2.24, 2.45) is 5.92 Å². The van der Waals surface area contributed by atoms with Crippen molar-refractivity contribution >= 4 is 5.97 Å². The molecule has 3 heteroatoms. The molecule has 0 fully saturated rings. The summed E-state index contributed by atoms with van der Waals surface area (Å²) < 4.78 is 5.64. The fourth-order valence-electron chi connectivity index (χ4n) is 2.25. The highest BCUT2D eigenvalue weighted by molar-refractivity contribution is 5.69. The quantitative estimate of drug-likeness (QED) is 0.570. The number of carboxylic acid groups (broad SMARTS) is 1. The van der Waals surface area contributed by atoms with E-state index >= 15 is 0 Å². The van der Waals surface area contributed by atoms with Crippen LogP contribution in [0.2, 0.25) is 0 Å².